The fourth-order valence-electron chi connectivity index (χ4n) is 2.12. The molecule has 0 aliphatic heterocycles. The number of ether oxygens (including phenoxy) is 1. The number of nitrogens with one attached hydrogen (secondary N) is 1. The van der Waals surface area contributed by atoms with E-state index >= 15 is 0 Å². The summed E-state index contributed by atoms with van der Waals surface area (Å²) in [5, 5.41) is 11.4. The molecule has 0 radical (unpaired) electrons. The fraction of sp³-hybridized carbons (Fsp3) is 0.467. The van der Waals surface area contributed by atoms with Crippen LogP contribution >= 0.6 is 0 Å². The molecule has 1 amide bonds. The van der Waals surface area contributed by atoms with Gasteiger partial charge in [0.05, 0.1) is 7.11 Å². The summed E-state index contributed by atoms with van der Waals surface area (Å²) in [5.74, 6) is -0.278. The smallest absolute Gasteiger partial charge is 0.303 e. The van der Waals surface area contributed by atoms with E-state index in [-0.39, 0.29) is 18.4 Å². The third kappa shape index (κ3) is 4.26. The number of rotatable bonds is 6. The van der Waals surface area contributed by atoms with Crippen molar-refractivity contribution in [1.82, 2.24) is 5.32 Å². The van der Waals surface area contributed by atoms with E-state index in [9.17, 15) is 9.59 Å². The molecule has 110 valence electrons. The highest BCUT2D eigenvalue weighted by atomic mass is 16.5. The minimum Gasteiger partial charge on any atom is -0.496 e. The van der Waals surface area contributed by atoms with Crippen LogP contribution in [0.3, 0.4) is 0 Å². The molecule has 1 rings (SSSR count). The van der Waals surface area contributed by atoms with E-state index < -0.39 is 5.97 Å². The summed E-state index contributed by atoms with van der Waals surface area (Å²) in [6.45, 7) is 5.57. The molecule has 5 nitrogen and oxygen atoms in total. The molecule has 1 atom stereocenters. The number of hydrogen-bond acceptors (Lipinski definition) is 3. The average molecular weight is 279 g/mol. The Morgan fingerprint density at radius 3 is 2.30 bits per heavy atom. The van der Waals surface area contributed by atoms with Gasteiger partial charge in [-0.15, -0.1) is 0 Å². The zero-order valence-corrected chi connectivity index (χ0v) is 12.3. The molecule has 2 N–H and O–H groups in total. The highest BCUT2D eigenvalue weighted by Gasteiger charge is 2.14. The molecule has 0 fully saturated rings. The van der Waals surface area contributed by atoms with Crippen molar-refractivity contribution in [1.29, 1.82) is 0 Å². The van der Waals surface area contributed by atoms with Crippen LogP contribution in [0.2, 0.25) is 0 Å². The van der Waals surface area contributed by atoms with Crippen molar-refractivity contribution in [2.45, 2.75) is 39.7 Å². The average Bonchev–Trinajstić information content (AvgIpc) is 2.35. The molecule has 0 aromatic heterocycles. The molecule has 5 heteroatoms. The molecule has 1 unspecified atom stereocenters. The van der Waals surface area contributed by atoms with Gasteiger partial charge in [0, 0.05) is 18.0 Å². The number of methoxy groups -OCH3 is 1. The molecule has 0 heterocycles. The van der Waals surface area contributed by atoms with Crippen LogP contribution in [0.25, 0.3) is 0 Å². The van der Waals surface area contributed by atoms with Crippen LogP contribution in [0.15, 0.2) is 12.1 Å². The second kappa shape index (κ2) is 6.93. The monoisotopic (exact) mass is 279 g/mol. The maximum absolute atomic E-state index is 12.1. The number of carboxylic acids is 1. The number of hydrogen-bond donors (Lipinski definition) is 2. The quantitative estimate of drug-likeness (QED) is 0.837. The van der Waals surface area contributed by atoms with Crippen LogP contribution < -0.4 is 10.1 Å². The minimum absolute atomic E-state index is 0.0438. The van der Waals surface area contributed by atoms with Crippen molar-refractivity contribution in [3.8, 4) is 5.75 Å². The van der Waals surface area contributed by atoms with Crippen molar-refractivity contribution in [3.63, 3.8) is 0 Å². The fourth-order valence-corrected chi connectivity index (χ4v) is 2.12. The number of carboxylic acid groups (broad SMARTS) is 1. The Bertz CT molecular complexity index is 488. The first kappa shape index (κ1) is 16.0. The van der Waals surface area contributed by atoms with Gasteiger partial charge in [-0.25, -0.2) is 0 Å². The number of aryl methyl sites for hydroxylation is 2. The Labute approximate surface area is 118 Å². The molecule has 0 bridgehead atoms. The van der Waals surface area contributed by atoms with E-state index in [0.29, 0.717) is 12.0 Å². The van der Waals surface area contributed by atoms with Crippen LogP contribution in [0.1, 0.15) is 41.3 Å². The summed E-state index contributed by atoms with van der Waals surface area (Å²) in [6.07, 6.45) is 0.456. The SMILES string of the molecule is COc1c(C)cc(C(=O)NC(C)CCC(=O)O)cc1C. The third-order valence-corrected chi connectivity index (χ3v) is 3.10. The highest BCUT2D eigenvalue weighted by molar-refractivity contribution is 5.95. The summed E-state index contributed by atoms with van der Waals surface area (Å²) >= 11 is 0. The van der Waals surface area contributed by atoms with Crippen molar-refractivity contribution in [2.75, 3.05) is 7.11 Å². The van der Waals surface area contributed by atoms with Gasteiger partial charge < -0.3 is 15.2 Å². The van der Waals surface area contributed by atoms with Crippen LogP contribution in [0.5, 0.6) is 5.75 Å². The number of aliphatic carboxylic acids is 1. The normalized spacial score (nSPS) is 11.8. The van der Waals surface area contributed by atoms with Gasteiger partial charge in [0.25, 0.3) is 5.91 Å². The number of benzene rings is 1. The molecule has 0 spiro atoms. The lowest BCUT2D eigenvalue weighted by Crippen LogP contribution is -2.33. The predicted molar refractivity (Wildman–Crippen MR) is 76.3 cm³/mol. The van der Waals surface area contributed by atoms with E-state index in [1.54, 1.807) is 26.2 Å². The van der Waals surface area contributed by atoms with Crippen LogP contribution in [-0.4, -0.2) is 30.1 Å². The van der Waals surface area contributed by atoms with Gasteiger partial charge >= 0.3 is 5.97 Å². The number of amides is 1. The van der Waals surface area contributed by atoms with Crippen LogP contribution in [0, 0.1) is 13.8 Å². The molecule has 0 aliphatic carbocycles. The van der Waals surface area contributed by atoms with Crippen molar-refractivity contribution in [3.05, 3.63) is 28.8 Å². The molecular formula is C15H21NO4. The Kier molecular flexibility index (Phi) is 5.55. The predicted octanol–water partition coefficient (Wildman–Crippen LogP) is 2.30. The van der Waals surface area contributed by atoms with Crippen LogP contribution in [-0.2, 0) is 4.79 Å². The minimum atomic E-state index is -0.859. The van der Waals surface area contributed by atoms with Gasteiger partial charge in [-0.05, 0) is 50.5 Å². The highest BCUT2D eigenvalue weighted by Crippen LogP contribution is 2.24. The standard InChI is InChI=1S/C15H21NO4/c1-9-7-12(8-10(2)14(9)20-4)15(19)16-11(3)5-6-13(17)18/h7-8,11H,5-6H2,1-4H3,(H,16,19)(H,17,18). The number of carbonyl (C=O) groups excluding carboxylic acids is 1. The number of carbonyl (C=O) groups is 2. The summed E-state index contributed by atoms with van der Waals surface area (Å²) in [7, 11) is 1.60. The molecule has 0 saturated carbocycles. The Hall–Kier alpha value is -2.04. The second-order valence-electron chi connectivity index (χ2n) is 4.95. The van der Waals surface area contributed by atoms with E-state index in [1.807, 2.05) is 13.8 Å². The molecule has 1 aromatic carbocycles. The van der Waals surface area contributed by atoms with Crippen molar-refractivity contribution < 1.29 is 19.4 Å². The first-order valence-electron chi connectivity index (χ1n) is 6.53. The van der Waals surface area contributed by atoms with E-state index in [1.165, 1.54) is 0 Å². The largest absolute Gasteiger partial charge is 0.496 e. The van der Waals surface area contributed by atoms with Gasteiger partial charge in [-0.1, -0.05) is 0 Å². The van der Waals surface area contributed by atoms with Gasteiger partial charge in [0.15, 0.2) is 0 Å². The van der Waals surface area contributed by atoms with Crippen LogP contribution in [0.4, 0.5) is 0 Å². The third-order valence-electron chi connectivity index (χ3n) is 3.10. The van der Waals surface area contributed by atoms with Crippen molar-refractivity contribution >= 4 is 11.9 Å². The first-order valence-corrected chi connectivity index (χ1v) is 6.53. The van der Waals surface area contributed by atoms with E-state index in [4.69, 9.17) is 9.84 Å². The molecule has 0 saturated heterocycles. The Morgan fingerprint density at radius 1 is 1.30 bits per heavy atom. The van der Waals surface area contributed by atoms with E-state index in [2.05, 4.69) is 5.32 Å². The lowest BCUT2D eigenvalue weighted by molar-refractivity contribution is -0.137. The second-order valence-corrected chi connectivity index (χ2v) is 4.95. The summed E-state index contributed by atoms with van der Waals surface area (Å²) in [4.78, 5) is 22.6. The van der Waals surface area contributed by atoms with E-state index in [0.717, 1.165) is 16.9 Å². The van der Waals surface area contributed by atoms with Gasteiger partial charge in [0.1, 0.15) is 5.75 Å². The van der Waals surface area contributed by atoms with Gasteiger partial charge in [-0.3, -0.25) is 9.59 Å². The summed E-state index contributed by atoms with van der Waals surface area (Å²) in [5.41, 5.74) is 2.36. The maximum Gasteiger partial charge on any atom is 0.303 e. The lowest BCUT2D eigenvalue weighted by Gasteiger charge is -2.15. The Morgan fingerprint density at radius 2 is 1.85 bits per heavy atom. The van der Waals surface area contributed by atoms with Gasteiger partial charge in [0.2, 0.25) is 0 Å². The maximum atomic E-state index is 12.1. The molecule has 1 aromatic rings. The summed E-state index contributed by atoms with van der Waals surface area (Å²) in [6, 6.07) is 3.36. The topological polar surface area (TPSA) is 75.6 Å². The zero-order chi connectivity index (χ0) is 15.3. The first-order chi connectivity index (χ1) is 9.35. The lowest BCUT2D eigenvalue weighted by atomic mass is 10.0. The molecular weight excluding hydrogens is 258 g/mol. The summed E-state index contributed by atoms with van der Waals surface area (Å²) < 4.78 is 5.26. The molecule has 20 heavy (non-hydrogen) atoms. The Balaban J connectivity index is 2.75. The van der Waals surface area contributed by atoms with Crippen molar-refractivity contribution in [2.24, 2.45) is 0 Å². The van der Waals surface area contributed by atoms with Gasteiger partial charge in [-0.2, -0.15) is 0 Å². The molecule has 0 aliphatic rings. The zero-order valence-electron chi connectivity index (χ0n) is 12.3.